The highest BCUT2D eigenvalue weighted by Gasteiger charge is 2.17. The van der Waals surface area contributed by atoms with Crippen molar-refractivity contribution in [2.75, 3.05) is 24.1 Å². The fourth-order valence-electron chi connectivity index (χ4n) is 2.05. The predicted octanol–water partition coefficient (Wildman–Crippen LogP) is 0.840. The van der Waals surface area contributed by atoms with E-state index in [0.717, 1.165) is 23.2 Å². The lowest BCUT2D eigenvalue weighted by Gasteiger charge is -2.08. The van der Waals surface area contributed by atoms with Gasteiger partial charge in [-0.2, -0.15) is 0 Å². The predicted molar refractivity (Wildman–Crippen MR) is 104 cm³/mol. The fraction of sp³-hybridized carbons (Fsp3) is 0.333. The minimum atomic E-state index is -3.65. The second kappa shape index (κ2) is 8.33. The van der Waals surface area contributed by atoms with Crippen LogP contribution in [0.1, 0.15) is 20.9 Å². The molecule has 1 amide bonds. The SMILES string of the molecule is Cc1ccc(S(=O)(=O)NCCNC(=O)c2sc(NS(C)(=O)=O)nc2C)cc1. The van der Waals surface area contributed by atoms with Gasteiger partial charge in [0.05, 0.1) is 16.8 Å². The van der Waals surface area contributed by atoms with Gasteiger partial charge in [-0.05, 0) is 26.0 Å². The van der Waals surface area contributed by atoms with E-state index >= 15 is 0 Å². The van der Waals surface area contributed by atoms with Crippen LogP contribution in [0.4, 0.5) is 5.13 Å². The summed E-state index contributed by atoms with van der Waals surface area (Å²) in [6.45, 7) is 3.51. The Balaban J connectivity index is 1.90. The van der Waals surface area contributed by atoms with Gasteiger partial charge in [0, 0.05) is 13.1 Å². The molecule has 0 unspecified atom stereocenters. The van der Waals surface area contributed by atoms with Crippen LogP contribution >= 0.6 is 11.3 Å². The molecule has 1 heterocycles. The molecule has 0 aliphatic heterocycles. The average molecular weight is 433 g/mol. The molecule has 0 saturated heterocycles. The molecule has 0 saturated carbocycles. The summed E-state index contributed by atoms with van der Waals surface area (Å²) in [6, 6.07) is 6.41. The van der Waals surface area contributed by atoms with Crippen molar-refractivity contribution >= 4 is 42.4 Å². The third-order valence-electron chi connectivity index (χ3n) is 3.31. The number of aryl methyl sites for hydroxylation is 2. The molecule has 0 radical (unpaired) electrons. The second-order valence-corrected chi connectivity index (χ2v) is 10.3. The lowest BCUT2D eigenvalue weighted by atomic mass is 10.2. The third-order valence-corrected chi connectivity index (χ3v) is 6.55. The number of nitrogens with zero attached hydrogens (tertiary/aromatic N) is 1. The van der Waals surface area contributed by atoms with E-state index < -0.39 is 26.0 Å². The van der Waals surface area contributed by atoms with Gasteiger partial charge in [0.2, 0.25) is 20.0 Å². The van der Waals surface area contributed by atoms with Gasteiger partial charge in [0.15, 0.2) is 5.13 Å². The Bertz CT molecular complexity index is 1030. The van der Waals surface area contributed by atoms with Crippen molar-refractivity contribution in [3.05, 3.63) is 40.4 Å². The first kappa shape index (κ1) is 21.3. The molecular formula is C15H20N4O5S3. The largest absolute Gasteiger partial charge is 0.350 e. The molecule has 2 aromatic rings. The van der Waals surface area contributed by atoms with Gasteiger partial charge in [-0.15, -0.1) is 0 Å². The molecule has 0 bridgehead atoms. The van der Waals surface area contributed by atoms with Crippen molar-refractivity contribution < 1.29 is 21.6 Å². The minimum Gasteiger partial charge on any atom is -0.350 e. The van der Waals surface area contributed by atoms with Crippen molar-refractivity contribution in [1.82, 2.24) is 15.0 Å². The van der Waals surface area contributed by atoms with E-state index in [-0.39, 0.29) is 28.0 Å². The molecule has 0 fully saturated rings. The Kier molecular flexibility index (Phi) is 6.57. The van der Waals surface area contributed by atoms with Gasteiger partial charge >= 0.3 is 0 Å². The van der Waals surface area contributed by atoms with E-state index in [1.807, 2.05) is 6.92 Å². The Morgan fingerprint density at radius 3 is 2.30 bits per heavy atom. The zero-order chi connectivity index (χ0) is 20.2. The van der Waals surface area contributed by atoms with Crippen LogP contribution in [0.5, 0.6) is 0 Å². The highest BCUT2D eigenvalue weighted by Crippen LogP contribution is 2.23. The Hall–Kier alpha value is -2.02. The van der Waals surface area contributed by atoms with Gasteiger partial charge < -0.3 is 5.32 Å². The van der Waals surface area contributed by atoms with E-state index in [4.69, 9.17) is 0 Å². The van der Waals surface area contributed by atoms with Crippen LogP contribution < -0.4 is 14.8 Å². The van der Waals surface area contributed by atoms with E-state index in [0.29, 0.717) is 5.69 Å². The molecule has 1 aromatic heterocycles. The number of carbonyl (C=O) groups is 1. The molecule has 0 aliphatic rings. The third kappa shape index (κ3) is 6.27. The lowest BCUT2D eigenvalue weighted by Crippen LogP contribution is -2.34. The highest BCUT2D eigenvalue weighted by molar-refractivity contribution is 7.92. The van der Waals surface area contributed by atoms with Crippen LogP contribution in [-0.4, -0.2) is 47.1 Å². The number of amides is 1. The summed E-state index contributed by atoms with van der Waals surface area (Å²) < 4.78 is 51.4. The van der Waals surface area contributed by atoms with Gasteiger partial charge in [0.1, 0.15) is 4.88 Å². The van der Waals surface area contributed by atoms with Crippen LogP contribution in [0.2, 0.25) is 0 Å². The normalized spacial score (nSPS) is 12.0. The van der Waals surface area contributed by atoms with E-state index in [2.05, 4.69) is 19.7 Å². The average Bonchev–Trinajstić information content (AvgIpc) is 2.90. The van der Waals surface area contributed by atoms with E-state index in [9.17, 15) is 21.6 Å². The van der Waals surface area contributed by atoms with Crippen molar-refractivity contribution in [1.29, 1.82) is 0 Å². The number of benzene rings is 1. The van der Waals surface area contributed by atoms with Crippen LogP contribution in [0.25, 0.3) is 0 Å². The Labute approximate surface area is 162 Å². The zero-order valence-electron chi connectivity index (χ0n) is 14.9. The van der Waals surface area contributed by atoms with Crippen LogP contribution in [0.3, 0.4) is 0 Å². The first-order valence-corrected chi connectivity index (χ1v) is 12.0. The monoisotopic (exact) mass is 432 g/mol. The smallest absolute Gasteiger partial charge is 0.263 e. The molecule has 1 aromatic carbocycles. The maximum absolute atomic E-state index is 12.2. The van der Waals surface area contributed by atoms with E-state index in [1.165, 1.54) is 12.1 Å². The maximum atomic E-state index is 12.2. The number of hydrogen-bond acceptors (Lipinski definition) is 7. The zero-order valence-corrected chi connectivity index (χ0v) is 17.4. The summed E-state index contributed by atoms with van der Waals surface area (Å²) in [5.74, 6) is -0.457. The molecule has 0 aliphatic carbocycles. The first-order chi connectivity index (χ1) is 12.5. The lowest BCUT2D eigenvalue weighted by molar-refractivity contribution is 0.0957. The standard InChI is InChI=1S/C15H20N4O5S3/c1-10-4-6-12(7-5-10)27(23,24)17-9-8-16-14(20)13-11(2)18-15(25-13)19-26(3,21)22/h4-7,17H,8-9H2,1-3H3,(H,16,20)(H,18,19). The second-order valence-electron chi connectivity index (χ2n) is 5.77. The molecule has 0 spiro atoms. The molecule has 27 heavy (non-hydrogen) atoms. The molecule has 12 heteroatoms. The Morgan fingerprint density at radius 1 is 1.07 bits per heavy atom. The quantitative estimate of drug-likeness (QED) is 0.529. The van der Waals surface area contributed by atoms with Gasteiger partial charge in [-0.25, -0.2) is 26.5 Å². The van der Waals surface area contributed by atoms with E-state index in [1.54, 1.807) is 19.1 Å². The maximum Gasteiger partial charge on any atom is 0.263 e. The summed E-state index contributed by atoms with van der Waals surface area (Å²) in [4.78, 5) is 16.6. The number of nitrogens with one attached hydrogen (secondary N) is 3. The number of anilines is 1. The number of hydrogen-bond donors (Lipinski definition) is 3. The number of rotatable bonds is 8. The van der Waals surface area contributed by atoms with Gasteiger partial charge in [0.25, 0.3) is 5.91 Å². The van der Waals surface area contributed by atoms with Crippen LogP contribution in [0.15, 0.2) is 29.2 Å². The van der Waals surface area contributed by atoms with Crippen molar-refractivity contribution in [3.8, 4) is 0 Å². The molecule has 2 rings (SSSR count). The number of aromatic nitrogens is 1. The fourth-order valence-corrected chi connectivity index (χ4v) is 4.80. The molecule has 3 N–H and O–H groups in total. The van der Waals surface area contributed by atoms with Gasteiger partial charge in [-0.3, -0.25) is 9.52 Å². The first-order valence-electron chi connectivity index (χ1n) is 7.78. The molecule has 9 nitrogen and oxygen atoms in total. The van der Waals surface area contributed by atoms with Crippen molar-refractivity contribution in [3.63, 3.8) is 0 Å². The molecule has 0 atom stereocenters. The van der Waals surface area contributed by atoms with Gasteiger partial charge in [-0.1, -0.05) is 29.0 Å². The molecular weight excluding hydrogens is 412 g/mol. The number of sulfonamides is 2. The Morgan fingerprint density at radius 2 is 1.70 bits per heavy atom. The summed E-state index contributed by atoms with van der Waals surface area (Å²) in [7, 11) is -7.13. The summed E-state index contributed by atoms with van der Waals surface area (Å²) in [5.41, 5.74) is 1.33. The van der Waals surface area contributed by atoms with Crippen LogP contribution in [0, 0.1) is 13.8 Å². The van der Waals surface area contributed by atoms with Crippen LogP contribution in [-0.2, 0) is 20.0 Å². The summed E-state index contributed by atoms with van der Waals surface area (Å²) in [6.07, 6.45) is 0.990. The van der Waals surface area contributed by atoms with Crippen molar-refractivity contribution in [2.24, 2.45) is 0 Å². The summed E-state index contributed by atoms with van der Waals surface area (Å²) >= 11 is 0.904. The summed E-state index contributed by atoms with van der Waals surface area (Å²) in [5, 5.41) is 2.67. The topological polar surface area (TPSA) is 134 Å². The highest BCUT2D eigenvalue weighted by atomic mass is 32.2. The minimum absolute atomic E-state index is 0.00818. The number of thiazole rings is 1. The van der Waals surface area contributed by atoms with Crippen molar-refractivity contribution in [2.45, 2.75) is 18.7 Å². The molecule has 148 valence electrons. The number of carbonyl (C=O) groups excluding carboxylic acids is 1.